The molecule has 33 heavy (non-hydrogen) atoms. The Morgan fingerprint density at radius 3 is 2.76 bits per heavy atom. The number of nitrogens with zero attached hydrogens (tertiary/aromatic N) is 4. The maximum absolute atomic E-state index is 12.3. The minimum atomic E-state index is -4.58. The number of carbonyl (C=O) groups is 1. The summed E-state index contributed by atoms with van der Waals surface area (Å²) in [7, 11) is -3.24. The van der Waals surface area contributed by atoms with Crippen LogP contribution in [-0.4, -0.2) is 76.1 Å². The fraction of sp³-hybridized carbons (Fsp3) is 0.333. The zero-order valence-electron chi connectivity index (χ0n) is 17.1. The van der Waals surface area contributed by atoms with E-state index in [0.29, 0.717) is 0 Å². The van der Waals surface area contributed by atoms with Crippen molar-refractivity contribution in [2.24, 2.45) is 0 Å². The summed E-state index contributed by atoms with van der Waals surface area (Å²) in [5.41, 5.74) is 6.24. The number of methoxy groups -OCH3 is 1. The Balaban J connectivity index is 1.44. The number of ether oxygens (including phenoxy) is 2. The average Bonchev–Trinajstić information content (AvgIpc) is 3.34. The third kappa shape index (κ3) is 4.44. The number of hydrogen-bond acceptors (Lipinski definition) is 12. The van der Waals surface area contributed by atoms with Crippen molar-refractivity contribution in [2.75, 3.05) is 19.5 Å². The SMILES string of the molecule is COc1ccccc1C(=O)NS(=O)(=O)OC[C@H]1O[C@@H](n2cnc3c(N)ncnc32)[C@H](O)[C@@H]1O. The fourth-order valence-electron chi connectivity index (χ4n) is 3.34. The van der Waals surface area contributed by atoms with Gasteiger partial charge in [-0.15, -0.1) is 0 Å². The molecule has 0 radical (unpaired) electrons. The van der Waals surface area contributed by atoms with E-state index in [1.807, 2.05) is 0 Å². The zero-order chi connectivity index (χ0) is 23.8. The molecule has 3 heterocycles. The van der Waals surface area contributed by atoms with Crippen LogP contribution in [0.4, 0.5) is 5.82 Å². The number of aromatic nitrogens is 4. The highest BCUT2D eigenvalue weighted by atomic mass is 32.2. The lowest BCUT2D eigenvalue weighted by Gasteiger charge is -2.16. The first-order valence-corrected chi connectivity index (χ1v) is 10.9. The second kappa shape index (κ2) is 8.87. The average molecular weight is 480 g/mol. The number of aliphatic hydroxyl groups excluding tert-OH is 2. The lowest BCUT2D eigenvalue weighted by molar-refractivity contribution is -0.0468. The lowest BCUT2D eigenvalue weighted by Crippen LogP contribution is -2.37. The summed E-state index contributed by atoms with van der Waals surface area (Å²) in [4.78, 5) is 24.2. The van der Waals surface area contributed by atoms with Crippen LogP contribution in [0, 0.1) is 0 Å². The van der Waals surface area contributed by atoms with E-state index >= 15 is 0 Å². The first kappa shape index (κ1) is 22.8. The van der Waals surface area contributed by atoms with Crippen LogP contribution in [0.5, 0.6) is 5.75 Å². The van der Waals surface area contributed by atoms with E-state index in [4.69, 9.17) is 19.4 Å². The standard InChI is InChI=1S/C18H20N6O8S/c1-30-10-5-3-2-4-9(10)17(27)23-33(28,29)31-6-11-13(25)14(26)18(32-11)24-8-22-12-15(19)20-7-21-16(12)24/h2-5,7-8,11,13-14,18,25-26H,6H2,1H3,(H,23,27)(H2,19,20,21)/t11-,13-,14-,18-/m1/s1. The third-order valence-electron chi connectivity index (χ3n) is 4.96. The van der Waals surface area contributed by atoms with Gasteiger partial charge >= 0.3 is 10.3 Å². The molecule has 1 amide bonds. The van der Waals surface area contributed by atoms with Gasteiger partial charge in [0.25, 0.3) is 5.91 Å². The number of anilines is 1. The normalized spacial score (nSPS) is 23.0. The molecule has 176 valence electrons. The molecule has 5 N–H and O–H groups in total. The monoisotopic (exact) mass is 480 g/mol. The number of rotatable bonds is 7. The minimum absolute atomic E-state index is 0.0203. The topological polar surface area (TPSA) is 201 Å². The van der Waals surface area contributed by atoms with Crippen LogP contribution in [0.2, 0.25) is 0 Å². The van der Waals surface area contributed by atoms with Gasteiger partial charge in [0.2, 0.25) is 0 Å². The molecule has 15 heteroatoms. The summed E-state index contributed by atoms with van der Waals surface area (Å²) in [5.74, 6) is -0.688. The zero-order valence-corrected chi connectivity index (χ0v) is 17.9. The maximum Gasteiger partial charge on any atom is 0.362 e. The number of hydrogen-bond donors (Lipinski definition) is 4. The lowest BCUT2D eigenvalue weighted by atomic mass is 10.1. The summed E-state index contributed by atoms with van der Waals surface area (Å²) in [5, 5.41) is 20.8. The Morgan fingerprint density at radius 2 is 2.00 bits per heavy atom. The second-order valence-corrected chi connectivity index (χ2v) is 8.35. The third-order valence-corrected chi connectivity index (χ3v) is 5.84. The van der Waals surface area contributed by atoms with Gasteiger partial charge in [-0.3, -0.25) is 13.5 Å². The van der Waals surface area contributed by atoms with Crippen LogP contribution in [-0.2, 0) is 19.2 Å². The van der Waals surface area contributed by atoms with Crippen molar-refractivity contribution in [1.82, 2.24) is 24.2 Å². The summed E-state index contributed by atoms with van der Waals surface area (Å²) in [6.45, 7) is -0.687. The van der Waals surface area contributed by atoms with E-state index in [2.05, 4.69) is 15.0 Å². The van der Waals surface area contributed by atoms with E-state index in [1.54, 1.807) is 10.8 Å². The van der Waals surface area contributed by atoms with Gasteiger partial charge in [0.15, 0.2) is 17.7 Å². The highest BCUT2D eigenvalue weighted by Crippen LogP contribution is 2.32. The minimum Gasteiger partial charge on any atom is -0.496 e. The molecule has 14 nitrogen and oxygen atoms in total. The Kier molecular flexibility index (Phi) is 6.13. The van der Waals surface area contributed by atoms with Crippen LogP contribution in [0.3, 0.4) is 0 Å². The fourth-order valence-corrected chi connectivity index (χ4v) is 4.05. The van der Waals surface area contributed by atoms with Crippen LogP contribution in [0.25, 0.3) is 11.2 Å². The highest BCUT2D eigenvalue weighted by Gasteiger charge is 2.45. The number of nitrogens with two attached hydrogens (primary N) is 1. The smallest absolute Gasteiger partial charge is 0.362 e. The summed E-state index contributed by atoms with van der Waals surface area (Å²) in [6.07, 6.45) is -2.88. The van der Waals surface area contributed by atoms with Gasteiger partial charge in [0.05, 0.1) is 25.6 Å². The molecule has 4 rings (SSSR count). The molecule has 0 spiro atoms. The highest BCUT2D eigenvalue weighted by molar-refractivity contribution is 7.85. The van der Waals surface area contributed by atoms with E-state index < -0.39 is 47.4 Å². The molecule has 1 aliphatic heterocycles. The van der Waals surface area contributed by atoms with Crippen molar-refractivity contribution in [3.05, 3.63) is 42.5 Å². The van der Waals surface area contributed by atoms with Crippen molar-refractivity contribution in [3.8, 4) is 5.75 Å². The predicted molar refractivity (Wildman–Crippen MR) is 111 cm³/mol. The Hall–Kier alpha value is -3.37. The molecule has 1 aliphatic rings. The van der Waals surface area contributed by atoms with E-state index in [1.165, 1.54) is 42.5 Å². The maximum atomic E-state index is 12.3. The van der Waals surface area contributed by atoms with Crippen LogP contribution >= 0.6 is 0 Å². The first-order valence-electron chi connectivity index (χ1n) is 9.51. The summed E-state index contributed by atoms with van der Waals surface area (Å²) < 4.78 is 43.0. The molecule has 0 bridgehead atoms. The van der Waals surface area contributed by atoms with E-state index in [-0.39, 0.29) is 28.3 Å². The first-order chi connectivity index (χ1) is 15.7. The molecule has 0 saturated carbocycles. The van der Waals surface area contributed by atoms with Gasteiger partial charge in [0.1, 0.15) is 35.9 Å². The predicted octanol–water partition coefficient (Wildman–Crippen LogP) is -1.27. The van der Waals surface area contributed by atoms with Gasteiger partial charge in [-0.2, -0.15) is 8.42 Å². The van der Waals surface area contributed by atoms with Crippen LogP contribution < -0.4 is 15.2 Å². The number of nitrogens with one attached hydrogen (secondary N) is 1. The molecule has 1 saturated heterocycles. The number of aliphatic hydroxyl groups is 2. The van der Waals surface area contributed by atoms with Crippen molar-refractivity contribution in [2.45, 2.75) is 24.5 Å². The van der Waals surface area contributed by atoms with Gasteiger partial charge in [0, 0.05) is 0 Å². The van der Waals surface area contributed by atoms with E-state index in [9.17, 15) is 23.4 Å². The number of imidazole rings is 1. The Bertz CT molecular complexity index is 1280. The molecular weight excluding hydrogens is 460 g/mol. The Labute approximate surface area is 187 Å². The molecule has 3 aromatic rings. The largest absolute Gasteiger partial charge is 0.496 e. The second-order valence-electron chi connectivity index (χ2n) is 7.00. The summed E-state index contributed by atoms with van der Waals surface area (Å²) >= 11 is 0. The van der Waals surface area contributed by atoms with Crippen molar-refractivity contribution in [1.29, 1.82) is 0 Å². The van der Waals surface area contributed by atoms with Crippen LogP contribution in [0.15, 0.2) is 36.9 Å². The van der Waals surface area contributed by atoms with Gasteiger partial charge in [-0.1, -0.05) is 12.1 Å². The van der Waals surface area contributed by atoms with Gasteiger partial charge < -0.3 is 25.4 Å². The molecule has 0 unspecified atom stereocenters. The van der Waals surface area contributed by atoms with Crippen molar-refractivity contribution >= 4 is 33.2 Å². The Morgan fingerprint density at radius 1 is 1.24 bits per heavy atom. The molecule has 1 aromatic carbocycles. The molecule has 2 aromatic heterocycles. The number of para-hydroxylation sites is 1. The van der Waals surface area contributed by atoms with Crippen molar-refractivity contribution in [3.63, 3.8) is 0 Å². The summed E-state index contributed by atoms with van der Waals surface area (Å²) in [6, 6.07) is 6.02. The molecule has 1 fully saturated rings. The number of fused-ring (bicyclic) bond motifs is 1. The quantitative estimate of drug-likeness (QED) is 0.313. The number of nitrogen functional groups attached to an aromatic ring is 1. The van der Waals surface area contributed by atoms with Crippen LogP contribution in [0.1, 0.15) is 16.6 Å². The van der Waals surface area contributed by atoms with Gasteiger partial charge in [-0.05, 0) is 12.1 Å². The van der Waals surface area contributed by atoms with Gasteiger partial charge in [-0.25, -0.2) is 19.7 Å². The van der Waals surface area contributed by atoms with E-state index in [0.717, 1.165) is 0 Å². The molecule has 4 atom stereocenters. The van der Waals surface area contributed by atoms with Crippen molar-refractivity contribution < 1.29 is 37.1 Å². The number of carbonyl (C=O) groups excluding carboxylic acids is 1. The molecule has 0 aliphatic carbocycles. The number of benzene rings is 1. The molecular formula is C18H20N6O8S. The number of amides is 1.